The van der Waals surface area contributed by atoms with Crippen molar-refractivity contribution in [2.24, 2.45) is 0 Å². The van der Waals surface area contributed by atoms with Gasteiger partial charge in [0.15, 0.2) is 5.78 Å². The van der Waals surface area contributed by atoms with E-state index >= 15 is 0 Å². The largest absolute Gasteiger partial charge is 0.392 e. The van der Waals surface area contributed by atoms with E-state index in [2.05, 4.69) is 0 Å². The quantitative estimate of drug-likeness (QED) is 0.514. The zero-order valence-corrected chi connectivity index (χ0v) is 7.92. The number of rotatable bonds is 4. The first kappa shape index (κ1) is 11.1. The van der Waals surface area contributed by atoms with Crippen molar-refractivity contribution >= 4 is 5.78 Å². The molecule has 0 aliphatic rings. The number of ketones is 1. The second kappa shape index (κ2) is 5.72. The molecule has 0 saturated carbocycles. The van der Waals surface area contributed by atoms with Crippen LogP contribution in [-0.4, -0.2) is 17.5 Å². The van der Waals surface area contributed by atoms with E-state index in [1.165, 1.54) is 0 Å². The summed E-state index contributed by atoms with van der Waals surface area (Å²) in [5, 5.41) is 8.53. The maximum absolute atomic E-state index is 11.1. The summed E-state index contributed by atoms with van der Waals surface area (Å²) in [5.41, 5.74) is 1.93. The normalized spacial score (nSPS) is 11.2. The van der Waals surface area contributed by atoms with Crippen LogP contribution in [0.3, 0.4) is 0 Å². The van der Waals surface area contributed by atoms with Crippen LogP contribution in [0.1, 0.15) is 27.2 Å². The fraction of sp³-hybridized carbons (Fsp3) is 0.500. The Hall–Kier alpha value is -0.890. The highest BCUT2D eigenvalue weighted by atomic mass is 16.2. The maximum Gasteiger partial charge on any atom is 0.159 e. The third-order valence-electron chi connectivity index (χ3n) is 1.34. The molecule has 0 spiro atoms. The average molecular weight is 168 g/mol. The van der Waals surface area contributed by atoms with E-state index in [-0.39, 0.29) is 12.4 Å². The average Bonchev–Trinajstić information content (AvgIpc) is 1.84. The van der Waals surface area contributed by atoms with Crippen LogP contribution >= 0.6 is 0 Å². The minimum atomic E-state index is 0.00787. The standard InChI is InChI=1S/C10H16O2/c1-8(2)6-10(12)7-9(3)4-5-11/h4,6,11H,5,7H2,1-3H3. The smallest absolute Gasteiger partial charge is 0.159 e. The molecule has 0 atom stereocenters. The molecule has 2 nitrogen and oxygen atoms in total. The number of carbonyl (C=O) groups is 1. The fourth-order valence-electron chi connectivity index (χ4n) is 0.876. The van der Waals surface area contributed by atoms with Crippen LogP contribution in [0.5, 0.6) is 0 Å². The summed E-state index contributed by atoms with van der Waals surface area (Å²) in [6, 6.07) is 0. The Morgan fingerprint density at radius 3 is 2.33 bits per heavy atom. The number of hydrogen-bond acceptors (Lipinski definition) is 2. The van der Waals surface area contributed by atoms with Gasteiger partial charge in [-0.3, -0.25) is 4.79 Å². The lowest BCUT2D eigenvalue weighted by Gasteiger charge is -1.96. The van der Waals surface area contributed by atoms with E-state index in [4.69, 9.17) is 5.11 Å². The van der Waals surface area contributed by atoms with Crippen molar-refractivity contribution in [3.8, 4) is 0 Å². The van der Waals surface area contributed by atoms with Crippen molar-refractivity contribution in [2.45, 2.75) is 27.2 Å². The number of aliphatic hydroxyl groups is 1. The third kappa shape index (κ3) is 5.86. The van der Waals surface area contributed by atoms with Crippen LogP contribution in [0.15, 0.2) is 23.3 Å². The van der Waals surface area contributed by atoms with Crippen LogP contribution < -0.4 is 0 Å². The second-order valence-electron chi connectivity index (χ2n) is 3.10. The molecular formula is C10H16O2. The van der Waals surface area contributed by atoms with Gasteiger partial charge in [0, 0.05) is 6.42 Å². The van der Waals surface area contributed by atoms with Gasteiger partial charge >= 0.3 is 0 Å². The van der Waals surface area contributed by atoms with Crippen LogP contribution in [0.2, 0.25) is 0 Å². The summed E-state index contributed by atoms with van der Waals surface area (Å²) in [5.74, 6) is 0.0946. The Morgan fingerprint density at radius 1 is 1.33 bits per heavy atom. The Morgan fingerprint density at radius 2 is 1.92 bits per heavy atom. The van der Waals surface area contributed by atoms with Crippen molar-refractivity contribution < 1.29 is 9.90 Å². The summed E-state index contributed by atoms with van der Waals surface area (Å²) in [6.07, 6.45) is 3.68. The first-order valence-corrected chi connectivity index (χ1v) is 4.00. The Balaban J connectivity index is 4.02. The third-order valence-corrected chi connectivity index (χ3v) is 1.34. The van der Waals surface area contributed by atoms with Gasteiger partial charge in [-0.05, 0) is 26.8 Å². The zero-order valence-electron chi connectivity index (χ0n) is 7.92. The predicted molar refractivity (Wildman–Crippen MR) is 49.9 cm³/mol. The summed E-state index contributed by atoms with van der Waals surface area (Å²) >= 11 is 0. The van der Waals surface area contributed by atoms with E-state index in [1.54, 1.807) is 12.2 Å². The van der Waals surface area contributed by atoms with Crippen molar-refractivity contribution in [3.05, 3.63) is 23.3 Å². The van der Waals surface area contributed by atoms with Gasteiger partial charge in [0.2, 0.25) is 0 Å². The highest BCUT2D eigenvalue weighted by Crippen LogP contribution is 2.02. The molecular weight excluding hydrogens is 152 g/mol. The molecule has 0 unspecified atom stereocenters. The Labute approximate surface area is 73.6 Å². The molecule has 0 aliphatic heterocycles. The molecule has 0 fully saturated rings. The molecule has 0 heterocycles. The first-order chi connectivity index (χ1) is 5.56. The molecule has 0 aromatic rings. The molecule has 2 heteroatoms. The molecule has 0 rings (SSSR count). The highest BCUT2D eigenvalue weighted by Gasteiger charge is 1.97. The topological polar surface area (TPSA) is 37.3 Å². The van der Waals surface area contributed by atoms with Crippen LogP contribution in [0.25, 0.3) is 0 Å². The van der Waals surface area contributed by atoms with Crippen molar-refractivity contribution in [1.82, 2.24) is 0 Å². The van der Waals surface area contributed by atoms with Crippen LogP contribution in [-0.2, 0) is 4.79 Å². The minimum absolute atomic E-state index is 0.00787. The lowest BCUT2D eigenvalue weighted by atomic mass is 10.1. The molecule has 1 N–H and O–H groups in total. The van der Waals surface area contributed by atoms with Gasteiger partial charge in [0.05, 0.1) is 6.61 Å². The van der Waals surface area contributed by atoms with Crippen molar-refractivity contribution in [3.63, 3.8) is 0 Å². The minimum Gasteiger partial charge on any atom is -0.392 e. The molecule has 0 radical (unpaired) electrons. The van der Waals surface area contributed by atoms with Gasteiger partial charge in [-0.2, -0.15) is 0 Å². The molecule has 0 aromatic heterocycles. The molecule has 0 amide bonds. The predicted octanol–water partition coefficient (Wildman–Crippen LogP) is 1.85. The fourth-order valence-corrected chi connectivity index (χ4v) is 0.876. The number of hydrogen-bond donors (Lipinski definition) is 1. The lowest BCUT2D eigenvalue weighted by molar-refractivity contribution is -0.114. The van der Waals surface area contributed by atoms with Gasteiger partial charge in [-0.1, -0.05) is 17.2 Å². The summed E-state index contributed by atoms with van der Waals surface area (Å²) in [7, 11) is 0. The first-order valence-electron chi connectivity index (χ1n) is 4.00. The van der Waals surface area contributed by atoms with Crippen LogP contribution in [0, 0.1) is 0 Å². The molecule has 0 aromatic carbocycles. The Kier molecular flexibility index (Phi) is 5.30. The molecule has 0 bridgehead atoms. The van der Waals surface area contributed by atoms with Gasteiger partial charge < -0.3 is 5.11 Å². The molecule has 0 saturated heterocycles. The maximum atomic E-state index is 11.1. The SMILES string of the molecule is CC(C)=CC(=O)CC(C)=CCO. The highest BCUT2D eigenvalue weighted by molar-refractivity contribution is 5.91. The Bertz CT molecular complexity index is 208. The monoisotopic (exact) mass is 168 g/mol. The summed E-state index contributed by atoms with van der Waals surface area (Å²) in [6.45, 7) is 5.63. The van der Waals surface area contributed by atoms with Gasteiger partial charge in [0.25, 0.3) is 0 Å². The van der Waals surface area contributed by atoms with E-state index in [0.717, 1.165) is 11.1 Å². The van der Waals surface area contributed by atoms with E-state index in [0.29, 0.717) is 6.42 Å². The summed E-state index contributed by atoms with van der Waals surface area (Å²) < 4.78 is 0. The molecule has 0 aliphatic carbocycles. The number of allylic oxidation sites excluding steroid dienone is 3. The van der Waals surface area contributed by atoms with E-state index < -0.39 is 0 Å². The van der Waals surface area contributed by atoms with Gasteiger partial charge in [0.1, 0.15) is 0 Å². The summed E-state index contributed by atoms with van der Waals surface area (Å²) in [4.78, 5) is 11.1. The van der Waals surface area contributed by atoms with Crippen LogP contribution in [0.4, 0.5) is 0 Å². The van der Waals surface area contributed by atoms with E-state index in [1.807, 2.05) is 20.8 Å². The number of aliphatic hydroxyl groups excluding tert-OH is 1. The van der Waals surface area contributed by atoms with Crippen molar-refractivity contribution in [2.75, 3.05) is 6.61 Å². The molecule has 68 valence electrons. The number of carbonyl (C=O) groups excluding carboxylic acids is 1. The van der Waals surface area contributed by atoms with Crippen molar-refractivity contribution in [1.29, 1.82) is 0 Å². The van der Waals surface area contributed by atoms with Gasteiger partial charge in [-0.25, -0.2) is 0 Å². The molecule has 12 heavy (non-hydrogen) atoms. The van der Waals surface area contributed by atoms with Gasteiger partial charge in [-0.15, -0.1) is 0 Å². The second-order valence-corrected chi connectivity index (χ2v) is 3.10. The van der Waals surface area contributed by atoms with E-state index in [9.17, 15) is 4.79 Å². The lowest BCUT2D eigenvalue weighted by Crippen LogP contribution is -1.95. The zero-order chi connectivity index (χ0) is 9.56.